The third kappa shape index (κ3) is 6.34. The van der Waals surface area contributed by atoms with Gasteiger partial charge in [-0.15, -0.1) is 0 Å². The minimum Gasteiger partial charge on any atom is -0.381 e. The van der Waals surface area contributed by atoms with Gasteiger partial charge in [-0.05, 0) is 31.6 Å². The van der Waals surface area contributed by atoms with Gasteiger partial charge in [0.15, 0.2) is 0 Å². The van der Waals surface area contributed by atoms with Gasteiger partial charge >= 0.3 is 0 Å². The summed E-state index contributed by atoms with van der Waals surface area (Å²) in [6.07, 6.45) is 5.85. The van der Waals surface area contributed by atoms with Crippen LogP contribution in [0.1, 0.15) is 119 Å². The van der Waals surface area contributed by atoms with Crippen molar-refractivity contribution in [1.29, 1.82) is 0 Å². The molecule has 2 rings (SSSR count). The zero-order chi connectivity index (χ0) is 20.9. The number of hydrogen-bond donors (Lipinski definition) is 1. The highest BCUT2D eigenvalue weighted by atomic mass is 16.5. The maximum Gasteiger partial charge on any atom is 0.112 e. The van der Waals surface area contributed by atoms with Crippen LogP contribution in [-0.4, -0.2) is 23.2 Å². The van der Waals surface area contributed by atoms with Gasteiger partial charge in [0.05, 0.1) is 5.69 Å². The van der Waals surface area contributed by atoms with Crippen LogP contribution >= 0.6 is 0 Å². The molecule has 158 valence electrons. The van der Waals surface area contributed by atoms with E-state index in [4.69, 9.17) is 9.72 Å². The predicted molar refractivity (Wildman–Crippen MR) is 118 cm³/mol. The van der Waals surface area contributed by atoms with E-state index in [0.717, 1.165) is 37.8 Å². The van der Waals surface area contributed by atoms with Gasteiger partial charge in [-0.25, -0.2) is 4.98 Å². The van der Waals surface area contributed by atoms with Crippen molar-refractivity contribution in [3.05, 3.63) is 17.2 Å². The molecule has 0 amide bonds. The minimum atomic E-state index is 0.120. The number of nitrogens with one attached hydrogen (secondary N) is 1. The number of nitrogens with zero attached hydrogens (tertiary/aromatic N) is 1. The topological polar surface area (TPSA) is 37.9 Å². The minimum absolute atomic E-state index is 0.120. The molecule has 27 heavy (non-hydrogen) atoms. The molecule has 3 heteroatoms. The number of rotatable bonds is 7. The monoisotopic (exact) mass is 378 g/mol. The van der Waals surface area contributed by atoms with Gasteiger partial charge in [0.25, 0.3) is 0 Å². The van der Waals surface area contributed by atoms with Crippen LogP contribution in [0.25, 0.3) is 0 Å². The first-order valence-electron chi connectivity index (χ1n) is 11.1. The lowest BCUT2D eigenvalue weighted by Gasteiger charge is -2.29. The first-order valence-corrected chi connectivity index (χ1v) is 11.1. The molecular formula is C24H46N2O. The third-order valence-corrected chi connectivity index (χ3v) is 6.46. The van der Waals surface area contributed by atoms with Crippen LogP contribution in [0.4, 0.5) is 0 Å². The molecule has 1 fully saturated rings. The lowest BCUT2D eigenvalue weighted by Crippen LogP contribution is -2.25. The molecule has 1 aromatic rings. The van der Waals surface area contributed by atoms with Crippen LogP contribution in [0.3, 0.4) is 0 Å². The number of aromatic nitrogens is 2. The van der Waals surface area contributed by atoms with Crippen LogP contribution in [0.15, 0.2) is 0 Å². The summed E-state index contributed by atoms with van der Waals surface area (Å²) in [5.74, 6) is 1.99. The van der Waals surface area contributed by atoms with Gasteiger partial charge in [0.1, 0.15) is 5.82 Å². The van der Waals surface area contributed by atoms with E-state index in [1.54, 1.807) is 0 Å². The van der Waals surface area contributed by atoms with Gasteiger partial charge in [-0.1, -0.05) is 75.7 Å². The normalized spacial score (nSPS) is 18.4. The van der Waals surface area contributed by atoms with Crippen LogP contribution < -0.4 is 0 Å². The van der Waals surface area contributed by atoms with Crippen molar-refractivity contribution in [2.24, 2.45) is 5.92 Å². The molecule has 2 heterocycles. The average molecular weight is 379 g/mol. The average Bonchev–Trinajstić information content (AvgIpc) is 3.25. The lowest BCUT2D eigenvalue weighted by atomic mass is 9.77. The molecule has 1 aliphatic rings. The standard InChI is InChI=1S/C19H36N2.C5H10O/c1-10-13-19(8,9)16-20-14(17(4,5)11-2)15(21-16)18(6,7)12-3;1-5-2-3-6-4-5/h10-13H2,1-9H3,(H,20,21);5H,2-4H2,1H3. The van der Waals surface area contributed by atoms with E-state index in [-0.39, 0.29) is 16.2 Å². The smallest absolute Gasteiger partial charge is 0.112 e. The Kier molecular flexibility index (Phi) is 8.59. The Morgan fingerprint density at radius 2 is 1.56 bits per heavy atom. The van der Waals surface area contributed by atoms with Gasteiger partial charge in [-0.2, -0.15) is 0 Å². The summed E-state index contributed by atoms with van der Waals surface area (Å²) in [7, 11) is 0. The molecule has 0 saturated carbocycles. The molecule has 1 atom stereocenters. The fourth-order valence-electron chi connectivity index (χ4n) is 3.41. The van der Waals surface area contributed by atoms with Gasteiger partial charge in [0, 0.05) is 35.2 Å². The Morgan fingerprint density at radius 1 is 0.963 bits per heavy atom. The molecule has 1 aliphatic heterocycles. The molecule has 1 N–H and O–H groups in total. The van der Waals surface area contributed by atoms with Crippen LogP contribution in [0.5, 0.6) is 0 Å². The van der Waals surface area contributed by atoms with Crippen LogP contribution in [-0.2, 0) is 21.0 Å². The molecular weight excluding hydrogens is 332 g/mol. The highest BCUT2D eigenvalue weighted by Crippen LogP contribution is 2.38. The summed E-state index contributed by atoms with van der Waals surface area (Å²) < 4.78 is 5.06. The Labute approximate surface area is 169 Å². The Balaban J connectivity index is 0.000000511. The Morgan fingerprint density at radius 3 is 1.93 bits per heavy atom. The summed E-state index contributed by atoms with van der Waals surface area (Å²) in [4.78, 5) is 8.83. The molecule has 3 nitrogen and oxygen atoms in total. The second kappa shape index (κ2) is 9.58. The third-order valence-electron chi connectivity index (χ3n) is 6.46. The van der Waals surface area contributed by atoms with E-state index in [2.05, 4.69) is 74.2 Å². The maximum atomic E-state index is 5.10. The Hall–Kier alpha value is -0.830. The van der Waals surface area contributed by atoms with Crippen molar-refractivity contribution >= 4 is 0 Å². The fraction of sp³-hybridized carbons (Fsp3) is 0.875. The summed E-state index contributed by atoms with van der Waals surface area (Å²) in [6, 6.07) is 0. The first kappa shape index (κ1) is 24.2. The summed E-state index contributed by atoms with van der Waals surface area (Å²) in [6.45, 7) is 24.9. The van der Waals surface area contributed by atoms with Gasteiger partial charge < -0.3 is 9.72 Å². The summed E-state index contributed by atoms with van der Waals surface area (Å²) in [5, 5.41) is 0. The maximum absolute atomic E-state index is 5.10. The van der Waals surface area contributed by atoms with Crippen molar-refractivity contribution < 1.29 is 4.74 Å². The van der Waals surface area contributed by atoms with E-state index in [0.29, 0.717) is 0 Å². The molecule has 0 radical (unpaired) electrons. The van der Waals surface area contributed by atoms with Crippen molar-refractivity contribution in [2.75, 3.05) is 13.2 Å². The Bertz CT molecular complexity index is 529. The molecule has 1 unspecified atom stereocenters. The van der Waals surface area contributed by atoms with Crippen molar-refractivity contribution in [1.82, 2.24) is 9.97 Å². The van der Waals surface area contributed by atoms with Crippen molar-refractivity contribution in [3.63, 3.8) is 0 Å². The highest BCUT2D eigenvalue weighted by molar-refractivity contribution is 5.31. The second-order valence-electron chi connectivity index (χ2n) is 10.4. The number of imidazole rings is 1. The quantitative estimate of drug-likeness (QED) is 0.560. The largest absolute Gasteiger partial charge is 0.381 e. The number of H-pyrrole nitrogens is 1. The number of aromatic amines is 1. The second-order valence-corrected chi connectivity index (χ2v) is 10.4. The summed E-state index contributed by atoms with van der Waals surface area (Å²) >= 11 is 0. The molecule has 0 aromatic carbocycles. The predicted octanol–water partition coefficient (Wildman–Crippen LogP) is 6.91. The zero-order valence-corrected chi connectivity index (χ0v) is 19.9. The lowest BCUT2D eigenvalue weighted by molar-refractivity contribution is 0.188. The van der Waals surface area contributed by atoms with Crippen molar-refractivity contribution in [3.8, 4) is 0 Å². The van der Waals surface area contributed by atoms with E-state index in [9.17, 15) is 0 Å². The van der Waals surface area contributed by atoms with E-state index in [1.165, 1.54) is 30.7 Å². The van der Waals surface area contributed by atoms with Gasteiger partial charge in [0.2, 0.25) is 0 Å². The molecule has 1 saturated heterocycles. The molecule has 0 aliphatic carbocycles. The van der Waals surface area contributed by atoms with E-state index >= 15 is 0 Å². The SMILES string of the molecule is CC1CCOC1.CCCC(C)(C)c1nc(C(C)(C)CC)c(C(C)(C)CC)[nH]1. The van der Waals surface area contributed by atoms with E-state index in [1.807, 2.05) is 0 Å². The zero-order valence-electron chi connectivity index (χ0n) is 19.9. The highest BCUT2D eigenvalue weighted by Gasteiger charge is 2.35. The molecule has 0 spiro atoms. The number of hydrogen-bond acceptors (Lipinski definition) is 2. The first-order chi connectivity index (χ1) is 12.4. The molecule has 0 bridgehead atoms. The van der Waals surface area contributed by atoms with E-state index < -0.39 is 0 Å². The van der Waals surface area contributed by atoms with Crippen LogP contribution in [0.2, 0.25) is 0 Å². The van der Waals surface area contributed by atoms with Crippen molar-refractivity contribution in [2.45, 2.75) is 118 Å². The number of ether oxygens (including phenoxy) is 1. The van der Waals surface area contributed by atoms with Crippen LogP contribution in [0, 0.1) is 5.92 Å². The fourth-order valence-corrected chi connectivity index (χ4v) is 3.41. The summed E-state index contributed by atoms with van der Waals surface area (Å²) in [5.41, 5.74) is 3.01. The molecule has 1 aromatic heterocycles. The van der Waals surface area contributed by atoms with Gasteiger partial charge in [-0.3, -0.25) is 0 Å².